The van der Waals surface area contributed by atoms with Gasteiger partial charge >= 0.3 is 6.09 Å². The molecule has 0 aliphatic carbocycles. The van der Waals surface area contributed by atoms with Crippen LogP contribution in [0.15, 0.2) is 35.7 Å². The van der Waals surface area contributed by atoms with Crippen LogP contribution in [0.1, 0.15) is 40.2 Å². The lowest BCUT2D eigenvalue weighted by molar-refractivity contribution is -0.124. The molecule has 0 heterocycles. The van der Waals surface area contributed by atoms with Crippen molar-refractivity contribution in [2.24, 2.45) is 5.92 Å². The van der Waals surface area contributed by atoms with Gasteiger partial charge < -0.3 is 4.74 Å². The van der Waals surface area contributed by atoms with Crippen molar-refractivity contribution in [3.63, 3.8) is 0 Å². The van der Waals surface area contributed by atoms with Crippen molar-refractivity contribution in [3.8, 4) is 0 Å². The molecule has 8 nitrogen and oxygen atoms in total. The van der Waals surface area contributed by atoms with Crippen LogP contribution in [0, 0.1) is 5.92 Å². The van der Waals surface area contributed by atoms with Crippen LogP contribution in [0.2, 0.25) is 0 Å². The normalized spacial score (nSPS) is 13.4. The number of rotatable bonds is 6. The first kappa shape index (κ1) is 22.7. The van der Waals surface area contributed by atoms with E-state index in [9.17, 15) is 18.0 Å². The van der Waals surface area contributed by atoms with Crippen molar-refractivity contribution >= 4 is 28.1 Å². The minimum absolute atomic E-state index is 0.356. The minimum Gasteiger partial charge on any atom is -0.443 e. The first-order valence-electron chi connectivity index (χ1n) is 8.44. The Labute approximate surface area is 160 Å². The first-order valence-corrected chi connectivity index (χ1v) is 9.98. The Kier molecular flexibility index (Phi) is 7.98. The molecule has 0 aromatic heterocycles. The molecule has 9 heteroatoms. The molecular formula is C18H27N3O5S. The fourth-order valence-corrected chi connectivity index (χ4v) is 3.08. The second-order valence-electron chi connectivity index (χ2n) is 7.21. The Balaban J connectivity index is 2.73. The minimum atomic E-state index is -3.87. The van der Waals surface area contributed by atoms with Crippen LogP contribution >= 0.6 is 0 Å². The van der Waals surface area contributed by atoms with E-state index in [1.807, 2.05) is 6.07 Å². The average Bonchev–Trinajstić information content (AvgIpc) is 2.55. The van der Waals surface area contributed by atoms with Gasteiger partial charge in [0, 0.05) is 5.41 Å². The van der Waals surface area contributed by atoms with Crippen LogP contribution in [0.5, 0.6) is 0 Å². The van der Waals surface area contributed by atoms with Crippen molar-refractivity contribution < 1.29 is 22.7 Å². The third-order valence-electron chi connectivity index (χ3n) is 3.17. The molecule has 1 aromatic rings. The summed E-state index contributed by atoms with van der Waals surface area (Å²) in [6, 6.07) is 7.82. The summed E-state index contributed by atoms with van der Waals surface area (Å²) in [6.45, 7) is 8.40. The number of carbonyl (C=O) groups excluding carboxylic acids is 2. The van der Waals surface area contributed by atoms with Gasteiger partial charge in [0.2, 0.25) is 10.0 Å². The van der Waals surface area contributed by atoms with Crippen LogP contribution in [0.3, 0.4) is 0 Å². The van der Waals surface area contributed by atoms with Crippen molar-refractivity contribution in [1.29, 1.82) is 0 Å². The topological polar surface area (TPSA) is 114 Å². The van der Waals surface area contributed by atoms with Gasteiger partial charge in [-0.1, -0.05) is 44.2 Å². The first-order chi connectivity index (χ1) is 12.4. The second kappa shape index (κ2) is 9.52. The van der Waals surface area contributed by atoms with E-state index in [2.05, 4.69) is 15.6 Å². The summed E-state index contributed by atoms with van der Waals surface area (Å²) in [5.41, 5.74) is 4.25. The van der Waals surface area contributed by atoms with E-state index in [-0.39, 0.29) is 5.92 Å². The van der Waals surface area contributed by atoms with Gasteiger partial charge in [-0.2, -0.15) is 4.72 Å². The van der Waals surface area contributed by atoms with Gasteiger partial charge in [0.15, 0.2) is 0 Å². The van der Waals surface area contributed by atoms with Gasteiger partial charge in [0.1, 0.15) is 11.6 Å². The SMILES string of the molecule is CC(C)C(NS(=O)(=O)/C=C/c1ccccc1)C(=O)NNC(=O)OC(C)(C)C. The number of sulfonamides is 1. The summed E-state index contributed by atoms with van der Waals surface area (Å²) in [4.78, 5) is 23.9. The molecule has 150 valence electrons. The summed E-state index contributed by atoms with van der Waals surface area (Å²) in [6.07, 6.45) is 0.585. The van der Waals surface area contributed by atoms with Gasteiger partial charge in [-0.15, -0.1) is 0 Å². The van der Waals surface area contributed by atoms with Crippen molar-refractivity contribution in [2.75, 3.05) is 0 Å². The molecule has 1 rings (SSSR count). The van der Waals surface area contributed by atoms with E-state index in [1.54, 1.807) is 58.9 Å². The van der Waals surface area contributed by atoms with E-state index in [4.69, 9.17) is 4.74 Å². The standard InChI is InChI=1S/C18H27N3O5S/c1-13(2)15(16(22)19-20-17(23)26-18(3,4)5)21-27(24,25)12-11-14-9-7-6-8-10-14/h6-13,15,21H,1-5H3,(H,19,22)(H,20,23)/b12-11+. The third kappa shape index (κ3) is 9.20. The number of hydrogen-bond donors (Lipinski definition) is 3. The lowest BCUT2D eigenvalue weighted by Crippen LogP contribution is -2.54. The van der Waals surface area contributed by atoms with Crippen LogP contribution in [-0.2, 0) is 19.6 Å². The zero-order valence-corrected chi connectivity index (χ0v) is 17.0. The van der Waals surface area contributed by atoms with E-state index >= 15 is 0 Å². The summed E-state index contributed by atoms with van der Waals surface area (Å²) in [7, 11) is -3.87. The van der Waals surface area contributed by atoms with Gasteiger partial charge in [0.25, 0.3) is 5.91 Å². The van der Waals surface area contributed by atoms with E-state index in [0.717, 1.165) is 5.41 Å². The Morgan fingerprint density at radius 2 is 1.67 bits per heavy atom. The quantitative estimate of drug-likeness (QED) is 0.637. The van der Waals surface area contributed by atoms with E-state index in [1.165, 1.54) is 6.08 Å². The summed E-state index contributed by atoms with van der Waals surface area (Å²) in [5, 5.41) is 0.992. The number of ether oxygens (including phenoxy) is 1. The van der Waals surface area contributed by atoms with E-state index < -0.39 is 33.7 Å². The molecule has 0 radical (unpaired) electrons. The second-order valence-corrected chi connectivity index (χ2v) is 8.81. The Bertz CT molecular complexity index is 768. The van der Waals surface area contributed by atoms with Gasteiger partial charge in [0.05, 0.1) is 0 Å². The molecule has 0 aliphatic rings. The zero-order chi connectivity index (χ0) is 20.7. The summed E-state index contributed by atoms with van der Waals surface area (Å²) in [5.74, 6) is -1.06. The van der Waals surface area contributed by atoms with Gasteiger partial charge in [-0.3, -0.25) is 10.2 Å². The smallest absolute Gasteiger partial charge is 0.426 e. The molecule has 0 fully saturated rings. The van der Waals surface area contributed by atoms with Gasteiger partial charge in [-0.25, -0.2) is 18.6 Å². The Morgan fingerprint density at radius 1 is 1.07 bits per heavy atom. The van der Waals surface area contributed by atoms with Crippen molar-refractivity contribution in [1.82, 2.24) is 15.6 Å². The maximum absolute atomic E-state index is 12.3. The number of hydrogen-bond acceptors (Lipinski definition) is 5. The number of benzene rings is 1. The number of amides is 2. The van der Waals surface area contributed by atoms with Crippen LogP contribution in [0.25, 0.3) is 6.08 Å². The lowest BCUT2D eigenvalue weighted by Gasteiger charge is -2.22. The average molecular weight is 397 g/mol. The predicted octanol–water partition coefficient (Wildman–Crippen LogP) is 2.16. The number of carbonyl (C=O) groups is 2. The van der Waals surface area contributed by atoms with Gasteiger partial charge in [-0.05, 0) is 38.3 Å². The molecule has 0 saturated carbocycles. The summed E-state index contributed by atoms with van der Waals surface area (Å²) < 4.78 is 31.8. The fraction of sp³-hybridized carbons (Fsp3) is 0.444. The molecule has 3 N–H and O–H groups in total. The largest absolute Gasteiger partial charge is 0.443 e. The highest BCUT2D eigenvalue weighted by Crippen LogP contribution is 2.08. The van der Waals surface area contributed by atoms with Crippen LogP contribution < -0.4 is 15.6 Å². The maximum atomic E-state index is 12.3. The van der Waals surface area contributed by atoms with Crippen LogP contribution in [0.4, 0.5) is 4.79 Å². The predicted molar refractivity (Wildman–Crippen MR) is 104 cm³/mol. The summed E-state index contributed by atoms with van der Waals surface area (Å²) >= 11 is 0. The monoisotopic (exact) mass is 397 g/mol. The Morgan fingerprint density at radius 3 is 2.19 bits per heavy atom. The van der Waals surface area contributed by atoms with E-state index in [0.29, 0.717) is 5.56 Å². The Hall–Kier alpha value is -2.39. The molecule has 1 aromatic carbocycles. The number of hydrazine groups is 1. The molecular weight excluding hydrogens is 370 g/mol. The zero-order valence-electron chi connectivity index (χ0n) is 16.1. The highest BCUT2D eigenvalue weighted by Gasteiger charge is 2.27. The maximum Gasteiger partial charge on any atom is 0.426 e. The van der Waals surface area contributed by atoms with Crippen molar-refractivity contribution in [3.05, 3.63) is 41.3 Å². The lowest BCUT2D eigenvalue weighted by atomic mass is 10.1. The highest BCUT2D eigenvalue weighted by atomic mass is 32.2. The van der Waals surface area contributed by atoms with Crippen LogP contribution in [-0.4, -0.2) is 32.1 Å². The molecule has 0 aliphatic heterocycles. The van der Waals surface area contributed by atoms with Crippen molar-refractivity contribution in [2.45, 2.75) is 46.3 Å². The molecule has 1 unspecified atom stereocenters. The number of nitrogens with one attached hydrogen (secondary N) is 3. The molecule has 1 atom stereocenters. The molecule has 0 bridgehead atoms. The fourth-order valence-electron chi connectivity index (χ4n) is 1.93. The molecule has 27 heavy (non-hydrogen) atoms. The third-order valence-corrected chi connectivity index (χ3v) is 4.24. The highest BCUT2D eigenvalue weighted by molar-refractivity contribution is 7.92. The molecule has 0 saturated heterocycles. The molecule has 2 amide bonds. The molecule has 0 spiro atoms.